The fraction of sp³-hybridized carbons (Fsp3) is 0.500. The highest BCUT2D eigenvalue weighted by Gasteiger charge is 2.13. The average molecular weight is 245 g/mol. The summed E-state index contributed by atoms with van der Waals surface area (Å²) in [4.78, 5) is 2.05. The normalized spacial score (nSPS) is 10.9. The lowest BCUT2D eigenvalue weighted by Crippen LogP contribution is -2.28. The van der Waals surface area contributed by atoms with Gasteiger partial charge >= 0.3 is 0 Å². The summed E-state index contributed by atoms with van der Waals surface area (Å²) < 4.78 is 13.4. The number of hydrogen-bond donors (Lipinski definition) is 1. The molecule has 1 aromatic rings. The Morgan fingerprint density at radius 3 is 2.56 bits per heavy atom. The second kappa shape index (κ2) is 5.39. The van der Waals surface area contributed by atoms with Crippen LogP contribution in [0.25, 0.3) is 0 Å². The van der Waals surface area contributed by atoms with Crippen molar-refractivity contribution in [2.45, 2.75) is 20.8 Å². The number of anilines is 2. The Morgan fingerprint density at radius 1 is 1.44 bits per heavy atom. The van der Waals surface area contributed by atoms with Gasteiger partial charge in [-0.05, 0) is 18.9 Å². The van der Waals surface area contributed by atoms with Crippen LogP contribution in [0.2, 0.25) is 5.02 Å². The van der Waals surface area contributed by atoms with Gasteiger partial charge < -0.3 is 10.6 Å². The molecule has 0 atom stereocenters. The largest absolute Gasteiger partial charge is 0.397 e. The maximum absolute atomic E-state index is 13.4. The molecule has 0 saturated heterocycles. The lowest BCUT2D eigenvalue weighted by Gasteiger charge is -2.26. The molecule has 1 rings (SSSR count). The summed E-state index contributed by atoms with van der Waals surface area (Å²) in [5.41, 5.74) is 7.09. The van der Waals surface area contributed by atoms with Crippen LogP contribution < -0.4 is 10.6 Å². The van der Waals surface area contributed by atoms with Gasteiger partial charge in [0.15, 0.2) is 0 Å². The summed E-state index contributed by atoms with van der Waals surface area (Å²) >= 11 is 5.67. The maximum Gasteiger partial charge on any atom is 0.144 e. The number of halogens is 2. The van der Waals surface area contributed by atoms with E-state index in [1.807, 2.05) is 6.92 Å². The van der Waals surface area contributed by atoms with Gasteiger partial charge in [-0.25, -0.2) is 4.39 Å². The van der Waals surface area contributed by atoms with Crippen molar-refractivity contribution in [3.63, 3.8) is 0 Å². The Bertz CT molecular complexity index is 366. The van der Waals surface area contributed by atoms with Gasteiger partial charge in [-0.15, -0.1) is 0 Å². The van der Waals surface area contributed by atoms with E-state index in [0.29, 0.717) is 11.6 Å². The highest BCUT2D eigenvalue weighted by Crippen LogP contribution is 2.29. The summed E-state index contributed by atoms with van der Waals surface area (Å²) in [6.07, 6.45) is 0. The van der Waals surface area contributed by atoms with Crippen LogP contribution in [-0.4, -0.2) is 13.1 Å². The van der Waals surface area contributed by atoms with Gasteiger partial charge in [0.05, 0.1) is 16.4 Å². The van der Waals surface area contributed by atoms with E-state index in [9.17, 15) is 4.39 Å². The zero-order valence-corrected chi connectivity index (χ0v) is 10.7. The predicted octanol–water partition coefficient (Wildman–Crippen LogP) is 3.54. The topological polar surface area (TPSA) is 29.3 Å². The van der Waals surface area contributed by atoms with Crippen LogP contribution in [0.1, 0.15) is 20.8 Å². The standard InChI is InChI=1S/C12H18ClFN2/c1-4-16(7-8(2)3)12-6-10(14)9(13)5-11(12)15/h5-6,8H,4,7,15H2,1-3H3. The molecule has 1 aromatic carbocycles. The second-order valence-electron chi connectivity index (χ2n) is 4.26. The van der Waals surface area contributed by atoms with Crippen molar-refractivity contribution in [2.24, 2.45) is 5.92 Å². The van der Waals surface area contributed by atoms with Crippen molar-refractivity contribution in [1.82, 2.24) is 0 Å². The molecule has 0 fully saturated rings. The molecule has 2 N–H and O–H groups in total. The SMILES string of the molecule is CCN(CC(C)C)c1cc(F)c(Cl)cc1N. The minimum absolute atomic E-state index is 0.0712. The van der Waals surface area contributed by atoms with E-state index in [0.717, 1.165) is 18.8 Å². The first-order valence-corrected chi connectivity index (χ1v) is 5.83. The summed E-state index contributed by atoms with van der Waals surface area (Å²) in [7, 11) is 0. The number of nitrogens with two attached hydrogens (primary N) is 1. The maximum atomic E-state index is 13.4. The van der Waals surface area contributed by atoms with Crippen molar-refractivity contribution < 1.29 is 4.39 Å². The van der Waals surface area contributed by atoms with Crippen LogP contribution in [0.4, 0.5) is 15.8 Å². The molecule has 0 aliphatic rings. The molecule has 0 radical (unpaired) electrons. The molecule has 0 amide bonds. The highest BCUT2D eigenvalue weighted by molar-refractivity contribution is 6.31. The van der Waals surface area contributed by atoms with Gasteiger partial charge in [-0.3, -0.25) is 0 Å². The number of hydrogen-bond acceptors (Lipinski definition) is 2. The molecular weight excluding hydrogens is 227 g/mol. The summed E-state index contributed by atoms with van der Waals surface area (Å²) in [6, 6.07) is 2.87. The van der Waals surface area contributed by atoms with E-state index in [2.05, 4.69) is 18.7 Å². The lowest BCUT2D eigenvalue weighted by atomic mass is 10.1. The van der Waals surface area contributed by atoms with Crippen molar-refractivity contribution >= 4 is 23.0 Å². The Labute approximate surface area is 101 Å². The van der Waals surface area contributed by atoms with Crippen molar-refractivity contribution in [3.05, 3.63) is 23.0 Å². The molecule has 0 heterocycles. The first kappa shape index (κ1) is 13.1. The minimum Gasteiger partial charge on any atom is -0.397 e. The molecule has 90 valence electrons. The van der Waals surface area contributed by atoms with Gasteiger partial charge in [0.1, 0.15) is 5.82 Å². The van der Waals surface area contributed by atoms with Crippen LogP contribution in [0, 0.1) is 11.7 Å². The number of rotatable bonds is 4. The van der Waals surface area contributed by atoms with Crippen LogP contribution in [-0.2, 0) is 0 Å². The fourth-order valence-corrected chi connectivity index (χ4v) is 1.84. The molecule has 4 heteroatoms. The third kappa shape index (κ3) is 3.01. The van der Waals surface area contributed by atoms with Crippen LogP contribution in [0.5, 0.6) is 0 Å². The Hall–Kier alpha value is -0.960. The van der Waals surface area contributed by atoms with Gasteiger partial charge in [0, 0.05) is 19.2 Å². The quantitative estimate of drug-likeness (QED) is 0.821. The number of nitrogen functional groups attached to an aromatic ring is 1. The van der Waals surface area contributed by atoms with Gasteiger partial charge in [-0.2, -0.15) is 0 Å². The minimum atomic E-state index is -0.423. The van der Waals surface area contributed by atoms with Gasteiger partial charge in [-0.1, -0.05) is 25.4 Å². The molecule has 2 nitrogen and oxygen atoms in total. The first-order valence-electron chi connectivity index (χ1n) is 5.45. The van der Waals surface area contributed by atoms with E-state index in [-0.39, 0.29) is 5.02 Å². The zero-order valence-electron chi connectivity index (χ0n) is 9.93. The molecular formula is C12H18ClFN2. The van der Waals surface area contributed by atoms with E-state index in [1.54, 1.807) is 0 Å². The molecule has 0 aliphatic carbocycles. The molecule has 0 aliphatic heterocycles. The lowest BCUT2D eigenvalue weighted by molar-refractivity contribution is 0.609. The van der Waals surface area contributed by atoms with E-state index in [4.69, 9.17) is 17.3 Å². The Balaban J connectivity index is 3.05. The summed E-state index contributed by atoms with van der Waals surface area (Å²) in [5, 5.41) is 0.0712. The van der Waals surface area contributed by atoms with Crippen LogP contribution >= 0.6 is 11.6 Å². The third-order valence-corrected chi connectivity index (χ3v) is 2.67. The summed E-state index contributed by atoms with van der Waals surface area (Å²) in [6.45, 7) is 7.90. The number of nitrogens with zero attached hydrogens (tertiary/aromatic N) is 1. The molecule has 0 spiro atoms. The average Bonchev–Trinajstić information content (AvgIpc) is 2.20. The first-order chi connectivity index (χ1) is 7.45. The van der Waals surface area contributed by atoms with Crippen molar-refractivity contribution in [3.8, 4) is 0 Å². The Morgan fingerprint density at radius 2 is 2.06 bits per heavy atom. The monoisotopic (exact) mass is 244 g/mol. The highest BCUT2D eigenvalue weighted by atomic mass is 35.5. The van der Waals surface area contributed by atoms with E-state index < -0.39 is 5.82 Å². The van der Waals surface area contributed by atoms with Gasteiger partial charge in [0.2, 0.25) is 0 Å². The fourth-order valence-electron chi connectivity index (χ4n) is 1.66. The molecule has 0 bridgehead atoms. The summed E-state index contributed by atoms with van der Waals surface area (Å²) in [5.74, 6) is 0.0752. The van der Waals surface area contributed by atoms with E-state index >= 15 is 0 Å². The predicted molar refractivity (Wildman–Crippen MR) is 68.5 cm³/mol. The molecule has 0 aromatic heterocycles. The number of benzene rings is 1. The smallest absolute Gasteiger partial charge is 0.144 e. The van der Waals surface area contributed by atoms with Crippen LogP contribution in [0.15, 0.2) is 12.1 Å². The third-order valence-electron chi connectivity index (χ3n) is 2.38. The second-order valence-corrected chi connectivity index (χ2v) is 4.66. The van der Waals surface area contributed by atoms with Crippen LogP contribution in [0.3, 0.4) is 0 Å². The van der Waals surface area contributed by atoms with Gasteiger partial charge in [0.25, 0.3) is 0 Å². The van der Waals surface area contributed by atoms with Crippen molar-refractivity contribution in [1.29, 1.82) is 0 Å². The van der Waals surface area contributed by atoms with E-state index in [1.165, 1.54) is 12.1 Å². The molecule has 0 saturated carbocycles. The molecule has 0 unspecified atom stereocenters. The van der Waals surface area contributed by atoms with Crippen molar-refractivity contribution in [2.75, 3.05) is 23.7 Å². The zero-order chi connectivity index (χ0) is 12.3. The Kier molecular flexibility index (Phi) is 4.42. The molecule has 16 heavy (non-hydrogen) atoms.